The van der Waals surface area contributed by atoms with Gasteiger partial charge in [-0.1, -0.05) is 0 Å². The summed E-state index contributed by atoms with van der Waals surface area (Å²) in [6, 6.07) is 0. The summed E-state index contributed by atoms with van der Waals surface area (Å²) in [4.78, 5) is 30.4. The van der Waals surface area contributed by atoms with Crippen LogP contribution in [0.4, 0.5) is 5.95 Å². The van der Waals surface area contributed by atoms with Gasteiger partial charge in [-0.2, -0.15) is 15.0 Å². The van der Waals surface area contributed by atoms with Crippen LogP contribution in [-0.4, -0.2) is 79.9 Å². The fourth-order valence-corrected chi connectivity index (χ4v) is 3.50. The number of nitrogens with one attached hydrogen (secondary N) is 1. The van der Waals surface area contributed by atoms with Gasteiger partial charge < -0.3 is 19.9 Å². The van der Waals surface area contributed by atoms with Crippen molar-refractivity contribution in [1.29, 1.82) is 0 Å². The predicted molar refractivity (Wildman–Crippen MR) is 108 cm³/mol. The molecule has 0 spiro atoms. The van der Waals surface area contributed by atoms with Gasteiger partial charge in [-0.15, -0.1) is 0 Å². The number of aromatic amines is 1. The summed E-state index contributed by atoms with van der Waals surface area (Å²) in [6.45, 7) is -0.240. The maximum atomic E-state index is 9.95. The van der Waals surface area contributed by atoms with E-state index in [0.717, 1.165) is 0 Å². The van der Waals surface area contributed by atoms with E-state index in [0.29, 0.717) is 40.9 Å². The molecule has 1 saturated heterocycles. The number of aliphatic hydroxyl groups excluding tert-OH is 2. The molecule has 0 aromatic carbocycles. The maximum Gasteiger partial charge on any atom is 0.296 e. The van der Waals surface area contributed by atoms with E-state index < -0.39 is 18.4 Å². The van der Waals surface area contributed by atoms with Gasteiger partial charge in [0, 0.05) is 13.5 Å². The van der Waals surface area contributed by atoms with Crippen LogP contribution in [0.2, 0.25) is 0 Å². The summed E-state index contributed by atoms with van der Waals surface area (Å²) < 4.78 is 7.40. The number of H-pyrrole nitrogens is 1. The fourth-order valence-electron chi connectivity index (χ4n) is 3.33. The lowest BCUT2D eigenvalue weighted by Gasteiger charge is -2.19. The highest BCUT2D eigenvalue weighted by atomic mass is 32.1. The summed E-state index contributed by atoms with van der Waals surface area (Å²) in [5.74, 6) is 1.40. The van der Waals surface area contributed by atoms with Gasteiger partial charge in [0.1, 0.15) is 18.6 Å². The summed E-state index contributed by atoms with van der Waals surface area (Å²) in [5.41, 5.74) is 1.68. The summed E-state index contributed by atoms with van der Waals surface area (Å²) in [5, 5.41) is 19.4. The van der Waals surface area contributed by atoms with Gasteiger partial charge in [0.15, 0.2) is 22.9 Å². The van der Waals surface area contributed by atoms with Gasteiger partial charge in [0.05, 0.1) is 12.7 Å². The lowest BCUT2D eigenvalue weighted by atomic mass is 10.2. The molecule has 0 saturated carbocycles. The molecule has 0 aliphatic carbocycles. The summed E-state index contributed by atoms with van der Waals surface area (Å²) in [7, 11) is 1.78. The lowest BCUT2D eigenvalue weighted by molar-refractivity contribution is -0.760. The first-order valence-electron chi connectivity index (χ1n) is 8.80. The Bertz CT molecular complexity index is 1140. The monoisotopic (exact) mass is 414 g/mol. The van der Waals surface area contributed by atoms with Crippen molar-refractivity contribution in [3.05, 3.63) is 12.5 Å². The molecule has 3 aliphatic rings. The van der Waals surface area contributed by atoms with E-state index in [-0.39, 0.29) is 11.7 Å². The third kappa shape index (κ3) is 3.04. The number of ether oxygens (including phenoxy) is 1. The van der Waals surface area contributed by atoms with Crippen LogP contribution in [0.25, 0.3) is 11.2 Å². The number of aromatic nitrogens is 4. The Labute approximate surface area is 169 Å². The number of amidine groups is 2. The number of aliphatic imine (C=N–C) groups is 4. The van der Waals surface area contributed by atoms with Gasteiger partial charge in [0.2, 0.25) is 17.3 Å². The minimum absolute atomic E-state index is 0.169. The van der Waals surface area contributed by atoms with Gasteiger partial charge in [-0.3, -0.25) is 4.90 Å². The quantitative estimate of drug-likeness (QED) is 0.426. The molecule has 1 fully saturated rings. The van der Waals surface area contributed by atoms with Gasteiger partial charge in [-0.25, -0.2) is 14.6 Å². The highest BCUT2D eigenvalue weighted by Crippen LogP contribution is 2.25. The minimum Gasteiger partial charge on any atom is -0.394 e. The van der Waals surface area contributed by atoms with Crippen molar-refractivity contribution in [3.63, 3.8) is 0 Å². The zero-order chi connectivity index (χ0) is 20.1. The molecule has 5 rings (SSSR count). The number of imidazole rings is 1. The zero-order valence-corrected chi connectivity index (χ0v) is 16.0. The van der Waals surface area contributed by atoms with Crippen LogP contribution in [0.5, 0.6) is 0 Å². The third-order valence-corrected chi connectivity index (χ3v) is 5.02. The summed E-state index contributed by atoms with van der Waals surface area (Å²) >= 11 is 5.12. The number of rotatable bonds is 3. The molecule has 29 heavy (non-hydrogen) atoms. The van der Waals surface area contributed by atoms with Crippen LogP contribution in [0.15, 0.2) is 32.5 Å². The van der Waals surface area contributed by atoms with Gasteiger partial charge in [-0.05, 0) is 17.2 Å². The Kier molecular flexibility index (Phi) is 4.24. The van der Waals surface area contributed by atoms with Crippen molar-refractivity contribution in [2.75, 3.05) is 18.6 Å². The number of thiocarbonyl (C=S) groups is 1. The van der Waals surface area contributed by atoms with Gasteiger partial charge >= 0.3 is 0 Å². The maximum absolute atomic E-state index is 9.95. The molecule has 2 aromatic rings. The molecule has 13 heteroatoms. The molecule has 1 unspecified atom stereocenters. The Morgan fingerprint density at radius 1 is 1.41 bits per heavy atom. The molecule has 148 valence electrons. The van der Waals surface area contributed by atoms with Crippen molar-refractivity contribution >= 4 is 58.2 Å². The molecule has 12 nitrogen and oxygen atoms in total. The molecule has 0 radical (unpaired) electrons. The molecule has 3 aliphatic heterocycles. The smallest absolute Gasteiger partial charge is 0.296 e. The minimum atomic E-state index is -0.727. The second-order valence-corrected chi connectivity index (χ2v) is 7.03. The largest absolute Gasteiger partial charge is 0.394 e. The number of nitrogens with zero attached hydrogens (tertiary/aromatic N) is 8. The number of hydrogen-bond donors (Lipinski definition) is 3. The highest BCUT2D eigenvalue weighted by molar-refractivity contribution is 7.80. The molecule has 0 amide bonds. The van der Waals surface area contributed by atoms with Crippen LogP contribution in [0.3, 0.4) is 0 Å². The Balaban J connectivity index is 1.44. The second-order valence-electron chi connectivity index (χ2n) is 6.67. The van der Waals surface area contributed by atoms with E-state index in [1.807, 2.05) is 0 Å². The van der Waals surface area contributed by atoms with E-state index in [4.69, 9.17) is 17.0 Å². The van der Waals surface area contributed by atoms with Crippen molar-refractivity contribution in [1.82, 2.24) is 15.0 Å². The SMILES string of the molecule is CN(C1=NC(=S)N=C2N=CN=C21)c1nc2nc[n+](C3C[C@H](O)[C@@H](CO)O3)cc2[nH]1. The molecule has 0 bridgehead atoms. The van der Waals surface area contributed by atoms with E-state index >= 15 is 0 Å². The van der Waals surface area contributed by atoms with Crippen molar-refractivity contribution in [2.45, 2.75) is 24.9 Å². The Morgan fingerprint density at radius 2 is 2.28 bits per heavy atom. The Morgan fingerprint density at radius 3 is 3.07 bits per heavy atom. The van der Waals surface area contributed by atoms with Crippen LogP contribution in [0.1, 0.15) is 12.6 Å². The zero-order valence-electron chi connectivity index (χ0n) is 15.2. The lowest BCUT2D eigenvalue weighted by Crippen LogP contribution is -2.40. The van der Waals surface area contributed by atoms with Crippen LogP contribution < -0.4 is 9.47 Å². The Hall–Kier alpha value is -3.00. The standard InChI is InChI=1S/C16H15N9O3S/c1-24(14-11-13(18-5-17-11)22-16(29)23-14)15-20-7-3-25(6-19-12(7)21-15)10-2-8(27)9(4-26)28-10/h3,5-6,8-10,26-27H,2,4H2,1H3/p+1/t8-,9+,10?/m0/s1. The number of anilines is 1. The summed E-state index contributed by atoms with van der Waals surface area (Å²) in [6.07, 6.45) is 3.38. The first-order valence-corrected chi connectivity index (χ1v) is 9.21. The van der Waals surface area contributed by atoms with Crippen molar-refractivity contribution < 1.29 is 19.5 Å². The van der Waals surface area contributed by atoms with Crippen molar-refractivity contribution in [2.24, 2.45) is 20.0 Å². The first-order chi connectivity index (χ1) is 14.0. The van der Waals surface area contributed by atoms with Crippen LogP contribution in [-0.2, 0) is 4.74 Å². The molecule has 3 N–H and O–H groups in total. The second kappa shape index (κ2) is 6.81. The van der Waals surface area contributed by atoms with Crippen LogP contribution in [0, 0.1) is 0 Å². The highest BCUT2D eigenvalue weighted by Gasteiger charge is 2.37. The number of fused-ring (bicyclic) bond motifs is 2. The fraction of sp³-hybridized carbons (Fsp3) is 0.375. The molecule has 3 atom stereocenters. The molecular formula is C16H16N9O3S+. The van der Waals surface area contributed by atoms with E-state index in [9.17, 15) is 10.2 Å². The third-order valence-electron chi connectivity index (χ3n) is 4.84. The van der Waals surface area contributed by atoms with Crippen LogP contribution >= 0.6 is 12.2 Å². The number of hydrogen-bond acceptors (Lipinski definition) is 9. The van der Waals surface area contributed by atoms with E-state index in [2.05, 4.69) is 34.9 Å². The van der Waals surface area contributed by atoms with E-state index in [1.165, 1.54) is 6.34 Å². The van der Waals surface area contributed by atoms with Gasteiger partial charge in [0.25, 0.3) is 12.0 Å². The normalized spacial score (nSPS) is 25.8. The predicted octanol–water partition coefficient (Wildman–Crippen LogP) is -1.10. The average molecular weight is 414 g/mol. The molecular weight excluding hydrogens is 398 g/mol. The average Bonchev–Trinajstić information content (AvgIpc) is 3.43. The van der Waals surface area contributed by atoms with E-state index in [1.54, 1.807) is 29.0 Å². The molecule has 2 aromatic heterocycles. The molecule has 5 heterocycles. The van der Waals surface area contributed by atoms with Crippen molar-refractivity contribution in [3.8, 4) is 0 Å². The topological polar surface area (TPSA) is 148 Å². The number of aliphatic hydroxyl groups is 2. The first kappa shape index (κ1) is 18.1.